The van der Waals surface area contributed by atoms with E-state index in [0.29, 0.717) is 16.9 Å². The second-order valence-electron chi connectivity index (χ2n) is 4.85. The monoisotopic (exact) mass is 279 g/mol. The maximum absolute atomic E-state index is 12.2. The molecule has 21 heavy (non-hydrogen) atoms. The molecule has 2 aromatic carbocycles. The van der Waals surface area contributed by atoms with E-state index in [1.54, 1.807) is 36.4 Å². The molecule has 0 unspecified atom stereocenters. The fourth-order valence-electron chi connectivity index (χ4n) is 1.99. The molecule has 1 amide bonds. The number of nitrogens with two attached hydrogens (primary N) is 1. The van der Waals surface area contributed by atoms with Gasteiger partial charge in [0.05, 0.1) is 11.4 Å². The van der Waals surface area contributed by atoms with E-state index in [2.05, 4.69) is 11.2 Å². The molecule has 4 nitrogen and oxygen atoms in total. The lowest BCUT2D eigenvalue weighted by Gasteiger charge is -2.16. The van der Waals surface area contributed by atoms with Crippen LogP contribution in [0.15, 0.2) is 42.5 Å². The van der Waals surface area contributed by atoms with Crippen LogP contribution < -0.4 is 16.0 Å². The number of nitrogens with zero attached hydrogens (tertiary/aromatic N) is 1. The summed E-state index contributed by atoms with van der Waals surface area (Å²) in [6.45, 7) is 0. The number of nitrogens with one attached hydrogen (secondary N) is 1. The van der Waals surface area contributed by atoms with Crippen molar-refractivity contribution in [1.82, 2.24) is 0 Å². The Morgan fingerprint density at radius 2 is 2.00 bits per heavy atom. The first kappa shape index (κ1) is 14.5. The van der Waals surface area contributed by atoms with Gasteiger partial charge in [0.1, 0.15) is 0 Å². The van der Waals surface area contributed by atoms with Crippen LogP contribution in [0.3, 0.4) is 0 Å². The maximum atomic E-state index is 12.2. The Balaban J connectivity index is 2.21. The van der Waals surface area contributed by atoms with Gasteiger partial charge in [0, 0.05) is 30.9 Å². The van der Waals surface area contributed by atoms with Gasteiger partial charge in [-0.15, -0.1) is 6.42 Å². The molecule has 0 bridgehead atoms. The van der Waals surface area contributed by atoms with Crippen molar-refractivity contribution >= 4 is 23.0 Å². The van der Waals surface area contributed by atoms with E-state index in [1.165, 1.54) is 0 Å². The molecule has 2 rings (SSSR count). The lowest BCUT2D eigenvalue weighted by molar-refractivity contribution is 0.102. The van der Waals surface area contributed by atoms with Crippen molar-refractivity contribution in [3.8, 4) is 12.3 Å². The normalized spacial score (nSPS) is 9.76. The van der Waals surface area contributed by atoms with E-state index in [9.17, 15) is 4.79 Å². The molecule has 0 radical (unpaired) electrons. The van der Waals surface area contributed by atoms with E-state index in [-0.39, 0.29) is 5.91 Å². The third kappa shape index (κ3) is 3.34. The number of rotatable bonds is 3. The van der Waals surface area contributed by atoms with Gasteiger partial charge in [-0.2, -0.15) is 0 Å². The number of terminal acetylenes is 1. The van der Waals surface area contributed by atoms with E-state index < -0.39 is 0 Å². The summed E-state index contributed by atoms with van der Waals surface area (Å²) in [5.41, 5.74) is 9.27. The Morgan fingerprint density at radius 3 is 2.62 bits per heavy atom. The molecule has 3 N–H and O–H groups in total. The molecule has 0 aliphatic rings. The van der Waals surface area contributed by atoms with Crippen molar-refractivity contribution in [2.75, 3.05) is 30.0 Å². The van der Waals surface area contributed by atoms with Gasteiger partial charge in [0.2, 0.25) is 0 Å². The van der Waals surface area contributed by atoms with Crippen LogP contribution in [0.25, 0.3) is 0 Å². The van der Waals surface area contributed by atoms with Crippen LogP contribution in [-0.2, 0) is 0 Å². The summed E-state index contributed by atoms with van der Waals surface area (Å²) >= 11 is 0. The average molecular weight is 279 g/mol. The smallest absolute Gasteiger partial charge is 0.255 e. The summed E-state index contributed by atoms with van der Waals surface area (Å²) < 4.78 is 0. The van der Waals surface area contributed by atoms with Crippen molar-refractivity contribution < 1.29 is 4.79 Å². The summed E-state index contributed by atoms with van der Waals surface area (Å²) in [6, 6.07) is 12.4. The Labute approximate surface area is 124 Å². The summed E-state index contributed by atoms with van der Waals surface area (Å²) in [7, 11) is 3.80. The highest BCUT2D eigenvalue weighted by atomic mass is 16.1. The zero-order chi connectivity index (χ0) is 15.4. The molecule has 0 heterocycles. The molecule has 0 aliphatic heterocycles. The predicted molar refractivity (Wildman–Crippen MR) is 87.5 cm³/mol. The molecule has 0 atom stereocenters. The SMILES string of the molecule is C#Cc1cccc(NC(=O)c2ccc(N(C)C)c(N)c2)c1. The number of anilines is 3. The summed E-state index contributed by atoms with van der Waals surface area (Å²) in [4.78, 5) is 14.1. The molecule has 0 saturated carbocycles. The molecule has 4 heteroatoms. The van der Waals surface area contributed by atoms with Crippen molar-refractivity contribution in [3.63, 3.8) is 0 Å². The molecular formula is C17H17N3O. The van der Waals surface area contributed by atoms with Crippen LogP contribution in [0, 0.1) is 12.3 Å². The number of carbonyl (C=O) groups is 1. The van der Waals surface area contributed by atoms with Gasteiger partial charge in [-0.1, -0.05) is 12.0 Å². The van der Waals surface area contributed by atoms with Crippen molar-refractivity contribution in [3.05, 3.63) is 53.6 Å². The Hall–Kier alpha value is -2.93. The molecule has 0 fully saturated rings. The second kappa shape index (κ2) is 6.02. The first-order valence-electron chi connectivity index (χ1n) is 6.46. The number of benzene rings is 2. The van der Waals surface area contributed by atoms with Crippen LogP contribution in [-0.4, -0.2) is 20.0 Å². The van der Waals surface area contributed by atoms with Crippen LogP contribution in [0.2, 0.25) is 0 Å². The molecule has 0 aliphatic carbocycles. The van der Waals surface area contributed by atoms with E-state index >= 15 is 0 Å². The van der Waals surface area contributed by atoms with Crippen LogP contribution in [0.1, 0.15) is 15.9 Å². The van der Waals surface area contributed by atoms with Gasteiger partial charge in [0.25, 0.3) is 5.91 Å². The molecule has 106 valence electrons. The number of carbonyl (C=O) groups excluding carboxylic acids is 1. The molecule has 0 spiro atoms. The highest BCUT2D eigenvalue weighted by Gasteiger charge is 2.09. The van der Waals surface area contributed by atoms with E-state index in [4.69, 9.17) is 12.2 Å². The van der Waals surface area contributed by atoms with E-state index in [1.807, 2.05) is 25.1 Å². The Morgan fingerprint density at radius 1 is 1.24 bits per heavy atom. The highest BCUT2D eigenvalue weighted by Crippen LogP contribution is 2.23. The third-order valence-corrected chi connectivity index (χ3v) is 3.06. The fraction of sp³-hybridized carbons (Fsp3) is 0.118. The minimum absolute atomic E-state index is 0.221. The van der Waals surface area contributed by atoms with Crippen molar-refractivity contribution in [1.29, 1.82) is 0 Å². The van der Waals surface area contributed by atoms with Crippen LogP contribution >= 0.6 is 0 Å². The topological polar surface area (TPSA) is 58.4 Å². The number of nitrogen functional groups attached to an aromatic ring is 1. The molecule has 2 aromatic rings. The molecular weight excluding hydrogens is 262 g/mol. The summed E-state index contributed by atoms with van der Waals surface area (Å²) in [6.07, 6.45) is 5.34. The predicted octanol–water partition coefficient (Wildman–Crippen LogP) is 2.57. The average Bonchev–Trinajstić information content (AvgIpc) is 2.46. The molecule has 0 saturated heterocycles. The summed E-state index contributed by atoms with van der Waals surface area (Å²) in [5, 5.41) is 2.81. The van der Waals surface area contributed by atoms with Gasteiger partial charge in [0.15, 0.2) is 0 Å². The van der Waals surface area contributed by atoms with Gasteiger partial charge >= 0.3 is 0 Å². The lowest BCUT2D eigenvalue weighted by atomic mass is 10.1. The number of hydrogen-bond donors (Lipinski definition) is 2. The Kier molecular flexibility index (Phi) is 4.15. The van der Waals surface area contributed by atoms with Crippen LogP contribution in [0.5, 0.6) is 0 Å². The zero-order valence-corrected chi connectivity index (χ0v) is 12.1. The maximum Gasteiger partial charge on any atom is 0.255 e. The summed E-state index contributed by atoms with van der Waals surface area (Å²) in [5.74, 6) is 2.31. The zero-order valence-electron chi connectivity index (χ0n) is 12.1. The van der Waals surface area contributed by atoms with Crippen LogP contribution in [0.4, 0.5) is 17.1 Å². The first-order chi connectivity index (χ1) is 10.0. The first-order valence-corrected chi connectivity index (χ1v) is 6.46. The number of hydrogen-bond acceptors (Lipinski definition) is 3. The van der Waals surface area contributed by atoms with Gasteiger partial charge in [-0.25, -0.2) is 0 Å². The van der Waals surface area contributed by atoms with Gasteiger partial charge in [-0.3, -0.25) is 4.79 Å². The number of amides is 1. The largest absolute Gasteiger partial charge is 0.397 e. The molecule has 0 aromatic heterocycles. The van der Waals surface area contributed by atoms with E-state index in [0.717, 1.165) is 11.3 Å². The fourth-order valence-corrected chi connectivity index (χ4v) is 1.99. The van der Waals surface area contributed by atoms with Crippen molar-refractivity contribution in [2.45, 2.75) is 0 Å². The van der Waals surface area contributed by atoms with Gasteiger partial charge in [-0.05, 0) is 36.4 Å². The standard InChI is InChI=1S/C17H17N3O/c1-4-12-6-5-7-14(10-12)19-17(21)13-8-9-16(20(2)3)15(18)11-13/h1,5-11H,18H2,2-3H3,(H,19,21). The third-order valence-electron chi connectivity index (χ3n) is 3.06. The lowest BCUT2D eigenvalue weighted by Crippen LogP contribution is -2.15. The minimum Gasteiger partial charge on any atom is -0.397 e. The quantitative estimate of drug-likeness (QED) is 0.670. The minimum atomic E-state index is -0.221. The second-order valence-corrected chi connectivity index (χ2v) is 4.85. The van der Waals surface area contributed by atoms with Gasteiger partial charge < -0.3 is 16.0 Å². The Bertz CT molecular complexity index is 714. The van der Waals surface area contributed by atoms with Crippen molar-refractivity contribution in [2.24, 2.45) is 0 Å². The highest BCUT2D eigenvalue weighted by molar-refractivity contribution is 6.05.